The van der Waals surface area contributed by atoms with Crippen LogP contribution in [0.2, 0.25) is 0 Å². The normalized spacial score (nSPS) is 12.8. The minimum Gasteiger partial charge on any atom is -0.207 e. The van der Waals surface area contributed by atoms with Gasteiger partial charge < -0.3 is 0 Å². The molecule has 0 saturated carbocycles. The Labute approximate surface area is 89.1 Å². The van der Waals surface area contributed by atoms with Gasteiger partial charge in [0.1, 0.15) is 0 Å². The Balaban J connectivity index is 2.92. The summed E-state index contributed by atoms with van der Waals surface area (Å²) >= 11 is 0. The maximum absolute atomic E-state index is 11.9. The Hall–Kier alpha value is -0.750. The molecule has 0 fully saturated rings. The van der Waals surface area contributed by atoms with Crippen LogP contribution in [0.5, 0.6) is 0 Å². The molecule has 0 radical (unpaired) electrons. The van der Waals surface area contributed by atoms with Gasteiger partial charge in [0.25, 0.3) is 9.05 Å². The van der Waals surface area contributed by atoms with Crippen LogP contribution in [0.3, 0.4) is 0 Å². The third kappa shape index (κ3) is 4.09. The second-order valence-corrected chi connectivity index (χ2v) is 5.44. The van der Waals surface area contributed by atoms with Gasteiger partial charge in [-0.1, -0.05) is 12.1 Å². The molecule has 1 rings (SSSR count). The zero-order valence-electron chi connectivity index (χ0n) is 7.25. The molecule has 1 aromatic rings. The molecule has 2 nitrogen and oxygen atoms in total. The van der Waals surface area contributed by atoms with Crippen LogP contribution in [0.1, 0.15) is 5.56 Å². The van der Waals surface area contributed by atoms with Crippen molar-refractivity contribution >= 4 is 19.7 Å². The summed E-state index contributed by atoms with van der Waals surface area (Å²) in [6, 6.07) is 4.26. The molecular weight excluding hydrogens is 253 g/mol. The van der Waals surface area contributed by atoms with E-state index in [9.17, 15) is 21.6 Å². The van der Waals surface area contributed by atoms with Crippen LogP contribution in [0.4, 0.5) is 13.2 Å². The summed E-state index contributed by atoms with van der Waals surface area (Å²) in [5, 5.41) is 0. The Morgan fingerprint density at radius 2 is 1.60 bits per heavy atom. The van der Waals surface area contributed by atoms with Gasteiger partial charge in [0.05, 0.1) is 11.3 Å². The molecule has 0 bridgehead atoms. The Kier molecular flexibility index (Phi) is 3.30. The van der Waals surface area contributed by atoms with E-state index in [0.29, 0.717) is 0 Å². The molecule has 84 valence electrons. The standard InChI is InChI=1S/C8H6ClF3O2S/c9-15(13,14)7-3-1-6(2-4-7)5-8(10,11)12/h1-4H,5H2. The van der Waals surface area contributed by atoms with Gasteiger partial charge in [0, 0.05) is 10.7 Å². The second-order valence-electron chi connectivity index (χ2n) is 2.87. The maximum atomic E-state index is 11.9. The van der Waals surface area contributed by atoms with Crippen LogP contribution >= 0.6 is 10.7 Å². The lowest BCUT2D eigenvalue weighted by Crippen LogP contribution is -2.11. The van der Waals surface area contributed by atoms with Gasteiger partial charge in [0.2, 0.25) is 0 Å². The first-order valence-corrected chi connectivity index (χ1v) is 6.10. The molecule has 0 aromatic heterocycles. The van der Waals surface area contributed by atoms with Gasteiger partial charge >= 0.3 is 6.18 Å². The van der Waals surface area contributed by atoms with E-state index in [1.54, 1.807) is 0 Å². The fourth-order valence-corrected chi connectivity index (χ4v) is 1.77. The van der Waals surface area contributed by atoms with Crippen molar-refractivity contribution in [1.82, 2.24) is 0 Å². The molecule has 0 spiro atoms. The zero-order chi connectivity index (χ0) is 11.7. The summed E-state index contributed by atoms with van der Waals surface area (Å²) in [6.07, 6.45) is -5.39. The summed E-state index contributed by atoms with van der Waals surface area (Å²) in [5.41, 5.74) is -0.00781. The molecular formula is C8H6ClF3O2S. The molecule has 0 amide bonds. The highest BCUT2D eigenvalue weighted by Crippen LogP contribution is 2.22. The fraction of sp³-hybridized carbons (Fsp3) is 0.250. The van der Waals surface area contributed by atoms with E-state index < -0.39 is 21.6 Å². The summed E-state index contributed by atoms with van der Waals surface area (Å²) in [7, 11) is 1.12. The minimum absolute atomic E-state index is 0.00781. The van der Waals surface area contributed by atoms with Gasteiger partial charge in [-0.15, -0.1) is 0 Å². The van der Waals surface area contributed by atoms with Crippen LogP contribution in [-0.2, 0) is 15.5 Å². The van der Waals surface area contributed by atoms with E-state index in [-0.39, 0.29) is 10.5 Å². The fourth-order valence-electron chi connectivity index (χ4n) is 1.00. The first-order chi connectivity index (χ1) is 6.68. The predicted octanol–water partition coefficient (Wildman–Crippen LogP) is 2.72. The van der Waals surface area contributed by atoms with Gasteiger partial charge in [-0.05, 0) is 17.7 Å². The lowest BCUT2D eigenvalue weighted by molar-refractivity contribution is -0.127. The van der Waals surface area contributed by atoms with Crippen molar-refractivity contribution in [3.63, 3.8) is 0 Å². The van der Waals surface area contributed by atoms with Crippen molar-refractivity contribution in [3.8, 4) is 0 Å². The molecule has 7 heteroatoms. The number of halogens is 4. The quantitative estimate of drug-likeness (QED) is 0.765. The van der Waals surface area contributed by atoms with E-state index in [2.05, 4.69) is 0 Å². The van der Waals surface area contributed by atoms with Crippen molar-refractivity contribution in [2.45, 2.75) is 17.5 Å². The lowest BCUT2D eigenvalue weighted by atomic mass is 10.1. The van der Waals surface area contributed by atoms with Crippen LogP contribution in [0.25, 0.3) is 0 Å². The van der Waals surface area contributed by atoms with Crippen LogP contribution in [0, 0.1) is 0 Å². The second kappa shape index (κ2) is 4.02. The van der Waals surface area contributed by atoms with Crippen molar-refractivity contribution in [2.24, 2.45) is 0 Å². The summed E-state index contributed by atoms with van der Waals surface area (Å²) in [5.74, 6) is 0. The molecule has 0 atom stereocenters. The van der Waals surface area contributed by atoms with Gasteiger partial charge in [0.15, 0.2) is 0 Å². The first kappa shape index (κ1) is 12.3. The molecule has 0 aliphatic carbocycles. The third-order valence-corrected chi connectivity index (χ3v) is 2.98. The van der Waals surface area contributed by atoms with Crippen LogP contribution in [0.15, 0.2) is 29.2 Å². The highest BCUT2D eigenvalue weighted by molar-refractivity contribution is 8.13. The average molecular weight is 259 g/mol. The maximum Gasteiger partial charge on any atom is 0.393 e. The number of hydrogen-bond donors (Lipinski definition) is 0. The van der Waals surface area contributed by atoms with Gasteiger partial charge in [-0.3, -0.25) is 0 Å². The van der Waals surface area contributed by atoms with Crippen LogP contribution < -0.4 is 0 Å². The lowest BCUT2D eigenvalue weighted by Gasteiger charge is -2.06. The highest BCUT2D eigenvalue weighted by atomic mass is 35.7. The average Bonchev–Trinajstić information content (AvgIpc) is 2.00. The third-order valence-electron chi connectivity index (χ3n) is 1.61. The van der Waals surface area contributed by atoms with E-state index >= 15 is 0 Å². The van der Waals surface area contributed by atoms with Crippen molar-refractivity contribution in [3.05, 3.63) is 29.8 Å². The molecule has 0 saturated heterocycles. The zero-order valence-corrected chi connectivity index (χ0v) is 8.83. The SMILES string of the molecule is O=S(=O)(Cl)c1ccc(CC(F)(F)F)cc1. The van der Waals surface area contributed by atoms with E-state index in [1.165, 1.54) is 0 Å². The topological polar surface area (TPSA) is 34.1 Å². The van der Waals surface area contributed by atoms with Gasteiger partial charge in [-0.25, -0.2) is 8.42 Å². The number of benzene rings is 1. The highest BCUT2D eigenvalue weighted by Gasteiger charge is 2.27. The largest absolute Gasteiger partial charge is 0.393 e. The number of alkyl halides is 3. The molecule has 15 heavy (non-hydrogen) atoms. The monoisotopic (exact) mass is 258 g/mol. The smallest absolute Gasteiger partial charge is 0.207 e. The first-order valence-electron chi connectivity index (χ1n) is 3.79. The Morgan fingerprint density at radius 1 is 1.13 bits per heavy atom. The summed E-state index contributed by atoms with van der Waals surface area (Å²) < 4.78 is 57.3. The van der Waals surface area contributed by atoms with E-state index in [0.717, 1.165) is 24.3 Å². The molecule has 0 aliphatic heterocycles. The van der Waals surface area contributed by atoms with Gasteiger partial charge in [-0.2, -0.15) is 13.2 Å². The molecule has 0 heterocycles. The predicted molar refractivity (Wildman–Crippen MR) is 49.2 cm³/mol. The molecule has 0 N–H and O–H groups in total. The molecule has 1 aromatic carbocycles. The van der Waals surface area contributed by atoms with E-state index in [4.69, 9.17) is 10.7 Å². The number of hydrogen-bond acceptors (Lipinski definition) is 2. The Morgan fingerprint density at radius 3 is 1.93 bits per heavy atom. The molecule has 0 aliphatic rings. The van der Waals surface area contributed by atoms with Crippen molar-refractivity contribution < 1.29 is 21.6 Å². The minimum atomic E-state index is -4.30. The van der Waals surface area contributed by atoms with E-state index in [1.807, 2.05) is 0 Å². The van der Waals surface area contributed by atoms with Crippen molar-refractivity contribution in [1.29, 1.82) is 0 Å². The molecule has 0 unspecified atom stereocenters. The number of rotatable bonds is 2. The van der Waals surface area contributed by atoms with Crippen LogP contribution in [-0.4, -0.2) is 14.6 Å². The van der Waals surface area contributed by atoms with Crippen molar-refractivity contribution in [2.75, 3.05) is 0 Å². The summed E-state index contributed by atoms with van der Waals surface area (Å²) in [6.45, 7) is 0. The Bertz CT molecular complexity index is 436. The summed E-state index contributed by atoms with van der Waals surface area (Å²) in [4.78, 5) is -0.213.